The number of aldehydes is 2. The molecule has 1 atom stereocenters. The van der Waals surface area contributed by atoms with Gasteiger partial charge < -0.3 is 34.6 Å². The summed E-state index contributed by atoms with van der Waals surface area (Å²) in [6, 6.07) is 0. The van der Waals surface area contributed by atoms with Gasteiger partial charge in [-0.2, -0.15) is 0 Å². The molecule has 0 aliphatic rings. The minimum Gasteiger partial charge on any atom is -0.462 e. The van der Waals surface area contributed by atoms with Gasteiger partial charge in [-0.3, -0.25) is 9.59 Å². The number of hydrogen-bond donors (Lipinski definition) is 2. The quantitative estimate of drug-likeness (QED) is 0.0353. The molecule has 0 aromatic carbocycles. The molecule has 62 heavy (non-hydrogen) atoms. The molecule has 0 saturated carbocycles. The van der Waals surface area contributed by atoms with Crippen molar-refractivity contribution >= 4 is 25.0 Å². The van der Waals surface area contributed by atoms with E-state index in [-0.39, 0.29) is 12.1 Å². The minimum absolute atomic E-state index is 0.00898. The van der Waals surface area contributed by atoms with Gasteiger partial charge in [0.1, 0.15) is 18.7 Å². The predicted molar refractivity (Wildman–Crippen MR) is 268 cm³/mol. The Morgan fingerprint density at radius 1 is 0.532 bits per heavy atom. The van der Waals surface area contributed by atoms with E-state index in [1.807, 2.05) is 14.2 Å². The smallest absolute Gasteiger partial charge is 0.306 e. The fourth-order valence-corrected chi connectivity index (χ4v) is 7.47. The van der Waals surface area contributed by atoms with E-state index < -0.39 is 0 Å². The van der Waals surface area contributed by atoms with Crippen molar-refractivity contribution in [2.75, 3.05) is 47.4 Å². The molecule has 0 rings (SSSR count). The van der Waals surface area contributed by atoms with Crippen molar-refractivity contribution in [1.82, 2.24) is 15.5 Å². The Bertz CT molecular complexity index is 832. The number of carbonyl (C=O) groups is 4. The van der Waals surface area contributed by atoms with E-state index in [4.69, 9.17) is 19.1 Å². The van der Waals surface area contributed by atoms with E-state index in [0.29, 0.717) is 18.9 Å². The number of rotatable bonds is 45. The van der Waals surface area contributed by atoms with E-state index in [0.717, 1.165) is 57.6 Å². The van der Waals surface area contributed by atoms with Crippen molar-refractivity contribution in [3.8, 4) is 0 Å². The molecule has 0 fully saturated rings. The zero-order chi connectivity index (χ0) is 46.8. The molecule has 0 heterocycles. The Hall–Kier alpha value is -1.84. The number of nitrogens with one attached hydrogen (secondary N) is 2. The molecule has 0 radical (unpaired) electrons. The third-order valence-electron chi connectivity index (χ3n) is 11.4. The van der Waals surface area contributed by atoms with Crippen molar-refractivity contribution in [2.45, 2.75) is 272 Å². The minimum atomic E-state index is 0.00898. The normalized spacial score (nSPS) is 11.1. The van der Waals surface area contributed by atoms with Crippen LogP contribution in [0.2, 0.25) is 0 Å². The maximum atomic E-state index is 12.2. The maximum Gasteiger partial charge on any atom is 0.306 e. The number of ether oxygens (including phenoxy) is 2. The van der Waals surface area contributed by atoms with Crippen molar-refractivity contribution in [3.63, 3.8) is 0 Å². The molecule has 9 nitrogen and oxygen atoms in total. The first-order valence-electron chi connectivity index (χ1n) is 26.4. The summed E-state index contributed by atoms with van der Waals surface area (Å²) in [4.78, 5) is 43.1. The molecule has 0 bridgehead atoms. The van der Waals surface area contributed by atoms with Crippen LogP contribution in [0.5, 0.6) is 0 Å². The van der Waals surface area contributed by atoms with Gasteiger partial charge in [0.2, 0.25) is 6.41 Å². The molecule has 1 unspecified atom stereocenters. The first-order chi connectivity index (χ1) is 30.3. The lowest BCUT2D eigenvalue weighted by molar-refractivity contribution is -0.149. The van der Waals surface area contributed by atoms with Crippen LogP contribution in [0, 0.1) is 0 Å². The average molecular weight is 884 g/mol. The van der Waals surface area contributed by atoms with Gasteiger partial charge in [-0.05, 0) is 104 Å². The fraction of sp³-hybridized carbons (Fsp3) is 0.925. The monoisotopic (exact) mass is 884 g/mol. The molecule has 372 valence electrons. The molecule has 0 aromatic heterocycles. The van der Waals surface area contributed by atoms with Gasteiger partial charge in [0.25, 0.3) is 0 Å². The first-order valence-corrected chi connectivity index (χ1v) is 26.4. The Kier molecular flexibility index (Phi) is 68.3. The number of methoxy groups -OCH3 is 1. The van der Waals surface area contributed by atoms with Crippen LogP contribution in [-0.2, 0) is 28.7 Å². The standard InChI is InChI=1S/C31H62N2O3.C18H38O.C2H5NO.C2H4O/c1-4-6-7-8-12-17-23-30(5-2)36-31(35)24-18-13-11-15-20-27-33(28-22-25-32-3)26-19-14-9-10-16-21-29-34;1-4-6-8-10-12-14-16-18(19-3)17-15-13-11-9-7-5-2;1-3-2-4;1-2-3/h29-30,32H,4-28H2,1-3H3;18H,4-17H2,1-3H3;2H,1H3,(H,3,4);2H,1H3. The Balaban J connectivity index is -0.000000537. The summed E-state index contributed by atoms with van der Waals surface area (Å²) in [7, 11) is 5.48. The highest BCUT2D eigenvalue weighted by atomic mass is 16.5. The van der Waals surface area contributed by atoms with Crippen LogP contribution in [0.3, 0.4) is 0 Å². The SMILES string of the molecule is CC=O.CCCCCCCCC(CC)OC(=O)CCCCCCCN(CCCCCCCC=O)CCCNC.CCCCCCCCC(CCCCCCCC)OC.CNC=O. The van der Waals surface area contributed by atoms with Gasteiger partial charge in [0.15, 0.2) is 0 Å². The zero-order valence-electron chi connectivity index (χ0n) is 42.9. The first kappa shape index (κ1) is 66.8. The lowest BCUT2D eigenvalue weighted by Crippen LogP contribution is -2.29. The van der Waals surface area contributed by atoms with Crippen molar-refractivity contribution in [2.24, 2.45) is 0 Å². The van der Waals surface area contributed by atoms with Gasteiger partial charge in [-0.15, -0.1) is 0 Å². The van der Waals surface area contributed by atoms with Gasteiger partial charge in [-0.25, -0.2) is 0 Å². The highest BCUT2D eigenvalue weighted by molar-refractivity contribution is 5.69. The maximum absolute atomic E-state index is 12.2. The number of esters is 1. The number of hydrogen-bond acceptors (Lipinski definition) is 8. The Morgan fingerprint density at radius 3 is 1.29 bits per heavy atom. The van der Waals surface area contributed by atoms with E-state index >= 15 is 0 Å². The topological polar surface area (TPSA) is 114 Å². The third-order valence-corrected chi connectivity index (χ3v) is 11.4. The second kappa shape index (κ2) is 63.4. The van der Waals surface area contributed by atoms with Crippen LogP contribution in [-0.4, -0.2) is 89.4 Å². The summed E-state index contributed by atoms with van der Waals surface area (Å²) in [5.41, 5.74) is 0. The summed E-state index contributed by atoms with van der Waals surface area (Å²) in [6.07, 6.45) is 46.3. The van der Waals surface area contributed by atoms with Crippen molar-refractivity contribution < 1.29 is 28.7 Å². The number of nitrogens with zero attached hydrogens (tertiary/aromatic N) is 1. The van der Waals surface area contributed by atoms with E-state index in [1.165, 1.54) is 206 Å². The second-order valence-electron chi connectivity index (χ2n) is 17.2. The predicted octanol–water partition coefficient (Wildman–Crippen LogP) is 13.9. The molecule has 9 heteroatoms. The Labute approximate surface area is 386 Å². The largest absolute Gasteiger partial charge is 0.462 e. The van der Waals surface area contributed by atoms with E-state index in [1.54, 1.807) is 7.05 Å². The van der Waals surface area contributed by atoms with Crippen LogP contribution in [0.15, 0.2) is 0 Å². The average Bonchev–Trinajstić information content (AvgIpc) is 3.28. The van der Waals surface area contributed by atoms with Gasteiger partial charge in [0.05, 0.1) is 6.10 Å². The second-order valence-corrected chi connectivity index (χ2v) is 17.2. The Morgan fingerprint density at radius 2 is 0.903 bits per heavy atom. The molecule has 0 saturated heterocycles. The molecular weight excluding hydrogens is 775 g/mol. The summed E-state index contributed by atoms with van der Waals surface area (Å²) in [5.74, 6) is 0.00898. The number of unbranched alkanes of at least 4 members (excludes halogenated alkanes) is 24. The van der Waals surface area contributed by atoms with Crippen LogP contribution in [0.1, 0.15) is 259 Å². The van der Waals surface area contributed by atoms with Gasteiger partial charge in [0, 0.05) is 27.0 Å². The molecule has 0 aliphatic heterocycles. The highest BCUT2D eigenvalue weighted by Gasteiger charge is 2.12. The van der Waals surface area contributed by atoms with Crippen molar-refractivity contribution in [1.29, 1.82) is 0 Å². The molecule has 2 N–H and O–H groups in total. The summed E-state index contributed by atoms with van der Waals surface area (Å²) in [6.45, 7) is 15.0. The molecular formula is C53H109N3O6. The van der Waals surface area contributed by atoms with Crippen LogP contribution in [0.25, 0.3) is 0 Å². The molecule has 0 aromatic rings. The lowest BCUT2D eigenvalue weighted by Gasteiger charge is -2.22. The lowest BCUT2D eigenvalue weighted by atomic mass is 10.0. The van der Waals surface area contributed by atoms with Crippen LogP contribution >= 0.6 is 0 Å². The van der Waals surface area contributed by atoms with E-state index in [9.17, 15) is 9.59 Å². The van der Waals surface area contributed by atoms with Crippen LogP contribution in [0.4, 0.5) is 0 Å². The number of amides is 1. The third kappa shape index (κ3) is 62.5. The highest BCUT2D eigenvalue weighted by Crippen LogP contribution is 2.17. The summed E-state index contributed by atoms with van der Waals surface area (Å²) in [5, 5.41) is 5.51. The van der Waals surface area contributed by atoms with Gasteiger partial charge >= 0.3 is 5.97 Å². The summed E-state index contributed by atoms with van der Waals surface area (Å²) < 4.78 is 11.3. The molecule has 0 aliphatic carbocycles. The fourth-order valence-electron chi connectivity index (χ4n) is 7.47. The number of carbonyl (C=O) groups excluding carboxylic acids is 4. The van der Waals surface area contributed by atoms with Crippen molar-refractivity contribution in [3.05, 3.63) is 0 Å². The zero-order valence-corrected chi connectivity index (χ0v) is 42.9. The van der Waals surface area contributed by atoms with E-state index in [2.05, 4.69) is 43.2 Å². The van der Waals surface area contributed by atoms with Crippen LogP contribution < -0.4 is 10.6 Å². The van der Waals surface area contributed by atoms with Gasteiger partial charge in [-0.1, -0.05) is 175 Å². The molecule has 1 amide bonds. The molecule has 0 spiro atoms. The summed E-state index contributed by atoms with van der Waals surface area (Å²) >= 11 is 0.